The number of nitrogen functional groups attached to an aromatic ring is 1. The summed E-state index contributed by atoms with van der Waals surface area (Å²) in [6.45, 7) is 0. The fourth-order valence-corrected chi connectivity index (χ4v) is 2.67. The number of nitriles is 1. The number of nitrogens with one attached hydrogen (secondary N) is 1. The van der Waals surface area contributed by atoms with Crippen molar-refractivity contribution in [1.29, 1.82) is 5.26 Å². The number of nitrogens with two attached hydrogens (primary N) is 1. The minimum atomic E-state index is -0.214. The molecule has 0 aliphatic carbocycles. The quantitative estimate of drug-likeness (QED) is 0.831. The summed E-state index contributed by atoms with van der Waals surface area (Å²) >= 11 is 2.51. The maximum Gasteiger partial charge on any atom is 0.235 e. The van der Waals surface area contributed by atoms with Crippen LogP contribution in [0.1, 0.15) is 5.56 Å². The molecule has 0 saturated heterocycles. The summed E-state index contributed by atoms with van der Waals surface area (Å²) in [5.41, 5.74) is 6.08. The third-order valence-corrected chi connectivity index (χ3v) is 3.89. The van der Waals surface area contributed by atoms with Gasteiger partial charge in [-0.25, -0.2) is 9.97 Å². The lowest BCUT2D eigenvalue weighted by Crippen LogP contribution is -2.14. The standard InChI is InChI=1S/C11H9N5OS2/c12-5-7-1-4-18-10(7)16-8(17)6-19-11-9(13)14-2-3-15-11/h1-4H,6H2,(H2,13,14)(H,16,17). The van der Waals surface area contributed by atoms with Gasteiger partial charge in [-0.1, -0.05) is 11.8 Å². The van der Waals surface area contributed by atoms with Gasteiger partial charge >= 0.3 is 0 Å². The minimum Gasteiger partial charge on any atom is -0.381 e. The molecular formula is C11H9N5OS2. The lowest BCUT2D eigenvalue weighted by atomic mass is 10.3. The number of thioether (sulfide) groups is 1. The van der Waals surface area contributed by atoms with Gasteiger partial charge in [0.1, 0.15) is 16.1 Å². The fraction of sp³-hybridized carbons (Fsp3) is 0.0909. The first-order chi connectivity index (χ1) is 9.20. The highest BCUT2D eigenvalue weighted by Crippen LogP contribution is 2.24. The number of carbonyl (C=O) groups is 1. The van der Waals surface area contributed by atoms with E-state index in [-0.39, 0.29) is 11.7 Å². The van der Waals surface area contributed by atoms with Crippen LogP contribution in [0.4, 0.5) is 10.8 Å². The molecule has 0 aromatic carbocycles. The third kappa shape index (κ3) is 3.43. The molecule has 0 saturated carbocycles. The van der Waals surface area contributed by atoms with E-state index >= 15 is 0 Å². The van der Waals surface area contributed by atoms with Crippen LogP contribution in [-0.4, -0.2) is 21.6 Å². The summed E-state index contributed by atoms with van der Waals surface area (Å²) in [5.74, 6) is 0.245. The molecule has 0 spiro atoms. The first-order valence-electron chi connectivity index (χ1n) is 5.17. The molecule has 0 fully saturated rings. The summed E-state index contributed by atoms with van der Waals surface area (Å²) in [6.07, 6.45) is 3.01. The SMILES string of the molecule is N#Cc1ccsc1NC(=O)CSc1nccnc1N. The van der Waals surface area contributed by atoms with E-state index in [1.165, 1.54) is 35.5 Å². The van der Waals surface area contributed by atoms with Gasteiger partial charge in [0, 0.05) is 12.4 Å². The zero-order valence-electron chi connectivity index (χ0n) is 9.66. The number of thiophene rings is 1. The van der Waals surface area contributed by atoms with Crippen LogP contribution in [0.3, 0.4) is 0 Å². The predicted octanol–water partition coefficient (Wildman–Crippen LogP) is 1.72. The van der Waals surface area contributed by atoms with Crippen molar-refractivity contribution >= 4 is 39.8 Å². The smallest absolute Gasteiger partial charge is 0.235 e. The second-order valence-electron chi connectivity index (χ2n) is 3.36. The first-order valence-corrected chi connectivity index (χ1v) is 7.04. The number of amides is 1. The van der Waals surface area contributed by atoms with Gasteiger partial charge in [-0.05, 0) is 11.4 Å². The molecule has 1 amide bonds. The largest absolute Gasteiger partial charge is 0.381 e. The molecule has 0 bridgehead atoms. The molecule has 2 rings (SSSR count). The summed E-state index contributed by atoms with van der Waals surface area (Å²) in [5, 5.41) is 14.3. The van der Waals surface area contributed by atoms with Gasteiger partial charge in [-0.3, -0.25) is 4.79 Å². The molecule has 0 unspecified atom stereocenters. The highest BCUT2D eigenvalue weighted by Gasteiger charge is 2.10. The van der Waals surface area contributed by atoms with E-state index in [1.807, 2.05) is 6.07 Å². The lowest BCUT2D eigenvalue weighted by Gasteiger charge is -2.04. The van der Waals surface area contributed by atoms with E-state index in [1.54, 1.807) is 11.4 Å². The predicted molar refractivity (Wildman–Crippen MR) is 74.8 cm³/mol. The van der Waals surface area contributed by atoms with Gasteiger partial charge in [-0.2, -0.15) is 5.26 Å². The zero-order valence-corrected chi connectivity index (χ0v) is 11.3. The van der Waals surface area contributed by atoms with E-state index < -0.39 is 0 Å². The maximum atomic E-state index is 11.7. The van der Waals surface area contributed by atoms with E-state index in [0.717, 1.165) is 0 Å². The first kappa shape index (κ1) is 13.3. The number of nitrogens with zero attached hydrogens (tertiary/aromatic N) is 3. The third-order valence-electron chi connectivity index (χ3n) is 2.07. The van der Waals surface area contributed by atoms with Crippen LogP contribution in [-0.2, 0) is 4.79 Å². The monoisotopic (exact) mass is 291 g/mol. The lowest BCUT2D eigenvalue weighted by molar-refractivity contribution is -0.113. The van der Waals surface area contributed by atoms with Crippen LogP contribution >= 0.6 is 23.1 Å². The van der Waals surface area contributed by atoms with Crippen molar-refractivity contribution in [1.82, 2.24) is 9.97 Å². The van der Waals surface area contributed by atoms with E-state index in [2.05, 4.69) is 15.3 Å². The Morgan fingerprint density at radius 2 is 2.32 bits per heavy atom. The Morgan fingerprint density at radius 1 is 1.53 bits per heavy atom. The van der Waals surface area contributed by atoms with Gasteiger partial charge in [0.2, 0.25) is 5.91 Å². The Hall–Kier alpha value is -2.11. The molecule has 96 valence electrons. The van der Waals surface area contributed by atoms with Crippen molar-refractivity contribution in [3.05, 3.63) is 29.4 Å². The normalized spacial score (nSPS) is 9.84. The Balaban J connectivity index is 1.93. The average Bonchev–Trinajstić information content (AvgIpc) is 2.85. The Morgan fingerprint density at radius 3 is 3.05 bits per heavy atom. The van der Waals surface area contributed by atoms with Crippen LogP contribution in [0.2, 0.25) is 0 Å². The van der Waals surface area contributed by atoms with Crippen LogP contribution < -0.4 is 11.1 Å². The molecule has 2 aromatic rings. The molecule has 8 heteroatoms. The summed E-state index contributed by atoms with van der Waals surface area (Å²) in [7, 11) is 0. The maximum absolute atomic E-state index is 11.7. The van der Waals surface area contributed by atoms with Gasteiger partial charge in [0.25, 0.3) is 0 Å². The molecule has 3 N–H and O–H groups in total. The molecule has 0 aliphatic heterocycles. The zero-order chi connectivity index (χ0) is 13.7. The van der Waals surface area contributed by atoms with E-state index in [0.29, 0.717) is 21.4 Å². The van der Waals surface area contributed by atoms with Crippen LogP contribution in [0.5, 0.6) is 0 Å². The van der Waals surface area contributed by atoms with Crippen molar-refractivity contribution in [3.63, 3.8) is 0 Å². The summed E-state index contributed by atoms with van der Waals surface area (Å²) < 4.78 is 0. The van der Waals surface area contributed by atoms with Crippen molar-refractivity contribution in [2.75, 3.05) is 16.8 Å². The molecule has 19 heavy (non-hydrogen) atoms. The van der Waals surface area contributed by atoms with Crippen LogP contribution in [0.25, 0.3) is 0 Å². The number of hydrogen-bond donors (Lipinski definition) is 2. The number of anilines is 2. The van der Waals surface area contributed by atoms with Gasteiger partial charge < -0.3 is 11.1 Å². The number of aromatic nitrogens is 2. The van der Waals surface area contributed by atoms with Crippen molar-refractivity contribution in [2.24, 2.45) is 0 Å². The molecule has 2 aromatic heterocycles. The molecule has 6 nitrogen and oxygen atoms in total. The topological polar surface area (TPSA) is 105 Å². The van der Waals surface area contributed by atoms with E-state index in [9.17, 15) is 4.79 Å². The molecule has 0 aliphatic rings. The highest BCUT2D eigenvalue weighted by molar-refractivity contribution is 8.00. The Labute approximate surface area is 117 Å². The second kappa shape index (κ2) is 6.17. The molecule has 0 atom stereocenters. The van der Waals surface area contributed by atoms with Crippen LogP contribution in [0, 0.1) is 11.3 Å². The Bertz CT molecular complexity index is 634. The van der Waals surface area contributed by atoms with Crippen LogP contribution in [0.15, 0.2) is 28.9 Å². The number of carbonyl (C=O) groups excluding carboxylic acids is 1. The van der Waals surface area contributed by atoms with Gasteiger partial charge in [-0.15, -0.1) is 11.3 Å². The summed E-state index contributed by atoms with van der Waals surface area (Å²) in [4.78, 5) is 19.6. The highest BCUT2D eigenvalue weighted by atomic mass is 32.2. The van der Waals surface area contributed by atoms with Crippen molar-refractivity contribution in [2.45, 2.75) is 5.03 Å². The van der Waals surface area contributed by atoms with Gasteiger partial charge in [0.05, 0.1) is 11.3 Å². The molecule has 0 radical (unpaired) electrons. The van der Waals surface area contributed by atoms with Crippen molar-refractivity contribution in [3.8, 4) is 6.07 Å². The molecular weight excluding hydrogens is 282 g/mol. The second-order valence-corrected chi connectivity index (χ2v) is 5.24. The van der Waals surface area contributed by atoms with E-state index in [4.69, 9.17) is 11.0 Å². The summed E-state index contributed by atoms with van der Waals surface area (Å²) in [6, 6.07) is 3.67. The Kier molecular flexibility index (Phi) is 4.33. The fourth-order valence-electron chi connectivity index (χ4n) is 1.24. The number of hydrogen-bond acceptors (Lipinski definition) is 7. The van der Waals surface area contributed by atoms with Crippen molar-refractivity contribution < 1.29 is 4.79 Å². The average molecular weight is 291 g/mol. The molecule has 2 heterocycles. The number of rotatable bonds is 4. The minimum absolute atomic E-state index is 0.158. The van der Waals surface area contributed by atoms with Gasteiger partial charge in [0.15, 0.2) is 5.82 Å².